The lowest BCUT2D eigenvalue weighted by Crippen LogP contribution is -2.55. The molecule has 0 fully saturated rings. The van der Waals surface area contributed by atoms with Gasteiger partial charge in [0.1, 0.15) is 5.69 Å². The van der Waals surface area contributed by atoms with Crippen molar-refractivity contribution in [3.8, 4) is 0 Å². The van der Waals surface area contributed by atoms with Gasteiger partial charge in [0.15, 0.2) is 5.54 Å². The van der Waals surface area contributed by atoms with Gasteiger partial charge in [-0.3, -0.25) is 4.79 Å². The Morgan fingerprint density at radius 2 is 2.09 bits per heavy atom. The number of nitrogens with one attached hydrogen (secondary N) is 2. The van der Waals surface area contributed by atoms with Crippen LogP contribution >= 0.6 is 11.6 Å². The van der Waals surface area contributed by atoms with Gasteiger partial charge in [0.05, 0.1) is 6.61 Å². The molecule has 0 radical (unpaired) electrons. The van der Waals surface area contributed by atoms with Gasteiger partial charge in [-0.05, 0) is 37.6 Å². The number of hydrogen-bond donors (Lipinski definition) is 3. The number of carboxylic acid groups (broad SMARTS) is 1. The molecule has 0 saturated heterocycles. The molecule has 22 heavy (non-hydrogen) atoms. The van der Waals surface area contributed by atoms with Crippen LogP contribution in [0.3, 0.4) is 0 Å². The molecule has 3 N–H and O–H groups in total. The average molecular weight is 325 g/mol. The SMILES string of the molecule is COCC(C)(NC(=O)c1cc2cc(C)c(Cl)cc2[nH]1)C(=O)O. The van der Waals surface area contributed by atoms with Crippen LogP contribution in [-0.2, 0) is 9.53 Å². The number of aryl methyl sites for hydroxylation is 1. The van der Waals surface area contributed by atoms with Gasteiger partial charge in [0.2, 0.25) is 0 Å². The van der Waals surface area contributed by atoms with E-state index in [2.05, 4.69) is 10.3 Å². The summed E-state index contributed by atoms with van der Waals surface area (Å²) >= 11 is 6.05. The van der Waals surface area contributed by atoms with Gasteiger partial charge < -0.3 is 20.1 Å². The van der Waals surface area contributed by atoms with Crippen molar-refractivity contribution in [1.29, 1.82) is 0 Å². The summed E-state index contributed by atoms with van der Waals surface area (Å²) in [6.07, 6.45) is 0. The molecule has 0 saturated carbocycles. The van der Waals surface area contributed by atoms with E-state index in [9.17, 15) is 14.7 Å². The van der Waals surface area contributed by atoms with Crippen molar-refractivity contribution >= 4 is 34.4 Å². The molecule has 118 valence electrons. The molecular formula is C15H17ClN2O4. The predicted octanol–water partition coefficient (Wildman–Crippen LogP) is 2.35. The van der Waals surface area contributed by atoms with Gasteiger partial charge in [0, 0.05) is 23.0 Å². The molecule has 0 aliphatic heterocycles. The summed E-state index contributed by atoms with van der Waals surface area (Å²) in [5.41, 5.74) is 0.371. The van der Waals surface area contributed by atoms with Crippen molar-refractivity contribution in [3.05, 3.63) is 34.5 Å². The fraction of sp³-hybridized carbons (Fsp3) is 0.333. The number of amides is 1. The second-order valence-electron chi connectivity index (χ2n) is 5.40. The highest BCUT2D eigenvalue weighted by molar-refractivity contribution is 6.32. The first-order chi connectivity index (χ1) is 10.3. The normalized spacial score (nSPS) is 13.8. The van der Waals surface area contributed by atoms with Crippen LogP contribution in [0.1, 0.15) is 23.0 Å². The van der Waals surface area contributed by atoms with E-state index in [0.29, 0.717) is 10.5 Å². The minimum Gasteiger partial charge on any atom is -0.479 e. The molecule has 1 aromatic heterocycles. The number of aromatic amines is 1. The average Bonchev–Trinajstić information content (AvgIpc) is 2.82. The molecule has 1 amide bonds. The number of aromatic nitrogens is 1. The highest BCUT2D eigenvalue weighted by atomic mass is 35.5. The van der Waals surface area contributed by atoms with E-state index in [4.69, 9.17) is 16.3 Å². The van der Waals surface area contributed by atoms with E-state index in [-0.39, 0.29) is 12.3 Å². The number of hydrogen-bond acceptors (Lipinski definition) is 3. The van der Waals surface area contributed by atoms with Crippen LogP contribution in [0.4, 0.5) is 0 Å². The van der Waals surface area contributed by atoms with E-state index in [1.165, 1.54) is 14.0 Å². The minimum absolute atomic E-state index is 0.140. The Kier molecular flexibility index (Phi) is 4.44. The lowest BCUT2D eigenvalue weighted by molar-refractivity contribution is -0.145. The lowest BCUT2D eigenvalue weighted by atomic mass is 10.0. The Morgan fingerprint density at radius 3 is 2.68 bits per heavy atom. The molecule has 1 unspecified atom stereocenters. The summed E-state index contributed by atoms with van der Waals surface area (Å²) in [6.45, 7) is 3.12. The zero-order valence-corrected chi connectivity index (χ0v) is 13.2. The third-order valence-electron chi connectivity index (χ3n) is 3.44. The van der Waals surface area contributed by atoms with E-state index < -0.39 is 17.4 Å². The number of fused-ring (bicyclic) bond motifs is 1. The first-order valence-electron chi connectivity index (χ1n) is 6.60. The third kappa shape index (κ3) is 3.08. The van der Waals surface area contributed by atoms with Gasteiger partial charge in [-0.1, -0.05) is 11.6 Å². The van der Waals surface area contributed by atoms with Crippen molar-refractivity contribution < 1.29 is 19.4 Å². The van der Waals surface area contributed by atoms with E-state index in [1.54, 1.807) is 12.1 Å². The van der Waals surface area contributed by atoms with Crippen molar-refractivity contribution in [2.45, 2.75) is 19.4 Å². The first kappa shape index (κ1) is 16.3. The second kappa shape index (κ2) is 5.98. The van der Waals surface area contributed by atoms with Gasteiger partial charge >= 0.3 is 5.97 Å². The Balaban J connectivity index is 2.31. The quantitative estimate of drug-likeness (QED) is 0.787. The molecule has 1 atom stereocenters. The zero-order valence-electron chi connectivity index (χ0n) is 12.5. The number of rotatable bonds is 5. The second-order valence-corrected chi connectivity index (χ2v) is 5.80. The van der Waals surface area contributed by atoms with Crippen molar-refractivity contribution in [3.63, 3.8) is 0 Å². The first-order valence-corrected chi connectivity index (χ1v) is 6.98. The molecule has 0 aliphatic rings. The smallest absolute Gasteiger partial charge is 0.331 e. The van der Waals surface area contributed by atoms with Crippen LogP contribution in [0.25, 0.3) is 10.9 Å². The number of carboxylic acids is 1. The van der Waals surface area contributed by atoms with E-state index in [0.717, 1.165) is 10.9 Å². The Morgan fingerprint density at radius 1 is 1.41 bits per heavy atom. The van der Waals surface area contributed by atoms with Crippen LogP contribution in [0.2, 0.25) is 5.02 Å². The fourth-order valence-electron chi connectivity index (χ4n) is 2.15. The molecule has 1 heterocycles. The zero-order chi connectivity index (χ0) is 16.5. The topological polar surface area (TPSA) is 91.4 Å². The molecule has 0 aliphatic carbocycles. The minimum atomic E-state index is -1.50. The number of H-pyrrole nitrogens is 1. The van der Waals surface area contributed by atoms with E-state index in [1.807, 2.05) is 13.0 Å². The number of methoxy groups -OCH3 is 1. The highest BCUT2D eigenvalue weighted by Crippen LogP contribution is 2.24. The maximum absolute atomic E-state index is 12.3. The molecule has 1 aromatic carbocycles. The summed E-state index contributed by atoms with van der Waals surface area (Å²) in [5.74, 6) is -1.69. The Labute approximate surface area is 132 Å². The Bertz CT molecular complexity index is 701. The van der Waals surface area contributed by atoms with Crippen molar-refractivity contribution in [1.82, 2.24) is 10.3 Å². The van der Waals surface area contributed by atoms with Crippen LogP contribution in [0.15, 0.2) is 18.2 Å². The summed E-state index contributed by atoms with van der Waals surface area (Å²) in [5, 5.41) is 13.1. The van der Waals surface area contributed by atoms with Crippen LogP contribution in [-0.4, -0.2) is 41.2 Å². The number of ether oxygens (including phenoxy) is 1. The summed E-state index contributed by atoms with van der Waals surface area (Å²) in [7, 11) is 1.38. The molecular weight excluding hydrogens is 308 g/mol. The maximum atomic E-state index is 12.3. The molecule has 2 rings (SSSR count). The number of aliphatic carboxylic acids is 1. The summed E-state index contributed by atoms with van der Waals surface area (Å²) in [6, 6.07) is 5.24. The number of carbonyl (C=O) groups excluding carboxylic acids is 1. The van der Waals surface area contributed by atoms with Crippen molar-refractivity contribution in [2.75, 3.05) is 13.7 Å². The van der Waals surface area contributed by atoms with Crippen LogP contribution < -0.4 is 5.32 Å². The summed E-state index contributed by atoms with van der Waals surface area (Å²) in [4.78, 5) is 26.5. The number of halogens is 1. The monoisotopic (exact) mass is 324 g/mol. The standard InChI is InChI=1S/C15H17ClN2O4/c1-8-4-9-5-12(17-11(9)6-10(8)16)13(19)18-15(2,7-22-3)14(20)21/h4-6,17H,7H2,1-3H3,(H,18,19)(H,20,21). The van der Waals surface area contributed by atoms with Crippen molar-refractivity contribution in [2.24, 2.45) is 0 Å². The summed E-state index contributed by atoms with van der Waals surface area (Å²) < 4.78 is 4.87. The highest BCUT2D eigenvalue weighted by Gasteiger charge is 2.35. The van der Waals surface area contributed by atoms with Gasteiger partial charge in [-0.2, -0.15) is 0 Å². The fourth-order valence-corrected chi connectivity index (χ4v) is 2.31. The van der Waals surface area contributed by atoms with Crippen LogP contribution in [0.5, 0.6) is 0 Å². The molecule has 2 aromatic rings. The largest absolute Gasteiger partial charge is 0.479 e. The maximum Gasteiger partial charge on any atom is 0.331 e. The molecule has 6 nitrogen and oxygen atoms in total. The predicted molar refractivity (Wildman–Crippen MR) is 83.4 cm³/mol. The molecule has 0 spiro atoms. The van der Waals surface area contributed by atoms with Gasteiger partial charge in [-0.15, -0.1) is 0 Å². The van der Waals surface area contributed by atoms with E-state index >= 15 is 0 Å². The lowest BCUT2D eigenvalue weighted by Gasteiger charge is -2.24. The van der Waals surface area contributed by atoms with Gasteiger partial charge in [-0.25, -0.2) is 4.79 Å². The number of carbonyl (C=O) groups is 2. The van der Waals surface area contributed by atoms with Gasteiger partial charge in [0.25, 0.3) is 5.91 Å². The number of benzene rings is 1. The van der Waals surface area contributed by atoms with Crippen LogP contribution in [0, 0.1) is 6.92 Å². The molecule has 0 bridgehead atoms. The molecule has 7 heteroatoms. The third-order valence-corrected chi connectivity index (χ3v) is 3.85. The Hall–Kier alpha value is -2.05.